The van der Waals surface area contributed by atoms with Crippen molar-refractivity contribution < 1.29 is 9.15 Å². The molecule has 3 heteroatoms. The van der Waals surface area contributed by atoms with Crippen LogP contribution in [0.4, 0.5) is 0 Å². The number of hydrogen-bond acceptors (Lipinski definition) is 3. The quantitative estimate of drug-likeness (QED) is 0.851. The van der Waals surface area contributed by atoms with Crippen LogP contribution in [-0.4, -0.2) is 25.3 Å². The number of hydrogen-bond donors (Lipinski definition) is 1. The van der Waals surface area contributed by atoms with Crippen LogP contribution < -0.4 is 5.32 Å². The molecule has 1 aliphatic rings. The van der Waals surface area contributed by atoms with Crippen LogP contribution in [0.25, 0.3) is 0 Å². The molecule has 90 valence electrons. The summed E-state index contributed by atoms with van der Waals surface area (Å²) in [6.07, 6.45) is 6.19. The number of rotatable bonds is 4. The fraction of sp³-hybridized carbons (Fsp3) is 0.692. The minimum absolute atomic E-state index is 0.0558. The molecule has 0 amide bonds. The standard InChI is InChI=1S/C13H21NO2/c1-13(7-3-4-9-16-13)12(14-2)10-11-6-5-8-15-11/h5-6,8,12,14H,3-4,7,9-10H2,1-2H3. The van der Waals surface area contributed by atoms with Crippen molar-refractivity contribution in [3.05, 3.63) is 24.2 Å². The van der Waals surface area contributed by atoms with Crippen LogP contribution >= 0.6 is 0 Å². The summed E-state index contributed by atoms with van der Waals surface area (Å²) >= 11 is 0. The van der Waals surface area contributed by atoms with Gasteiger partial charge in [0.25, 0.3) is 0 Å². The summed E-state index contributed by atoms with van der Waals surface area (Å²) < 4.78 is 11.4. The Bertz CT molecular complexity index is 302. The Kier molecular flexibility index (Phi) is 3.66. The molecule has 2 heterocycles. The Hall–Kier alpha value is -0.800. The van der Waals surface area contributed by atoms with Crippen molar-refractivity contribution in [2.45, 2.75) is 44.2 Å². The first-order valence-corrected chi connectivity index (χ1v) is 6.08. The predicted molar refractivity (Wildman–Crippen MR) is 63.5 cm³/mol. The van der Waals surface area contributed by atoms with Gasteiger partial charge in [0.2, 0.25) is 0 Å². The van der Waals surface area contributed by atoms with Gasteiger partial charge in [0.1, 0.15) is 5.76 Å². The molecular formula is C13H21NO2. The van der Waals surface area contributed by atoms with E-state index in [-0.39, 0.29) is 5.60 Å². The molecule has 2 atom stereocenters. The summed E-state index contributed by atoms with van der Waals surface area (Å²) in [5.41, 5.74) is -0.0558. The highest BCUT2D eigenvalue weighted by Gasteiger charge is 2.36. The third-order valence-corrected chi connectivity index (χ3v) is 3.57. The Morgan fingerprint density at radius 2 is 2.38 bits per heavy atom. The Morgan fingerprint density at radius 1 is 1.50 bits per heavy atom. The van der Waals surface area contributed by atoms with Gasteiger partial charge in [-0.2, -0.15) is 0 Å². The molecule has 16 heavy (non-hydrogen) atoms. The Labute approximate surface area is 97.2 Å². The molecule has 0 aromatic carbocycles. The normalized spacial score (nSPS) is 27.9. The molecule has 1 aromatic rings. The zero-order valence-electron chi connectivity index (χ0n) is 10.2. The summed E-state index contributed by atoms with van der Waals surface area (Å²) in [5, 5.41) is 3.37. The lowest BCUT2D eigenvalue weighted by molar-refractivity contribution is -0.0878. The predicted octanol–water partition coefficient (Wildman–Crippen LogP) is 2.37. The van der Waals surface area contributed by atoms with E-state index in [9.17, 15) is 0 Å². The van der Waals surface area contributed by atoms with Crippen LogP contribution in [0.3, 0.4) is 0 Å². The lowest BCUT2D eigenvalue weighted by atomic mass is 9.86. The topological polar surface area (TPSA) is 34.4 Å². The minimum atomic E-state index is -0.0558. The average molecular weight is 223 g/mol. The van der Waals surface area contributed by atoms with E-state index in [2.05, 4.69) is 12.2 Å². The number of furan rings is 1. The van der Waals surface area contributed by atoms with Crippen LogP contribution in [0.5, 0.6) is 0 Å². The molecule has 1 aliphatic heterocycles. The van der Waals surface area contributed by atoms with Gasteiger partial charge >= 0.3 is 0 Å². The monoisotopic (exact) mass is 223 g/mol. The van der Waals surface area contributed by atoms with E-state index in [0.29, 0.717) is 6.04 Å². The average Bonchev–Trinajstić information content (AvgIpc) is 2.79. The van der Waals surface area contributed by atoms with Gasteiger partial charge in [0.05, 0.1) is 11.9 Å². The van der Waals surface area contributed by atoms with E-state index < -0.39 is 0 Å². The molecule has 0 radical (unpaired) electrons. The van der Waals surface area contributed by atoms with Crippen molar-refractivity contribution in [1.82, 2.24) is 5.32 Å². The summed E-state index contributed by atoms with van der Waals surface area (Å²) in [6, 6.07) is 4.28. The van der Waals surface area contributed by atoms with Crippen molar-refractivity contribution in [1.29, 1.82) is 0 Å². The van der Waals surface area contributed by atoms with E-state index in [0.717, 1.165) is 25.2 Å². The molecule has 2 rings (SSSR count). The summed E-state index contributed by atoms with van der Waals surface area (Å²) in [6.45, 7) is 3.09. The van der Waals surface area contributed by atoms with Crippen LogP contribution in [0.1, 0.15) is 31.9 Å². The second-order valence-corrected chi connectivity index (χ2v) is 4.74. The van der Waals surface area contributed by atoms with E-state index in [4.69, 9.17) is 9.15 Å². The summed E-state index contributed by atoms with van der Waals surface area (Å²) in [7, 11) is 2.00. The van der Waals surface area contributed by atoms with Gasteiger partial charge in [-0.1, -0.05) is 0 Å². The van der Waals surface area contributed by atoms with Gasteiger partial charge < -0.3 is 14.5 Å². The zero-order valence-corrected chi connectivity index (χ0v) is 10.2. The van der Waals surface area contributed by atoms with Gasteiger partial charge in [0, 0.05) is 19.1 Å². The van der Waals surface area contributed by atoms with Crippen molar-refractivity contribution in [3.63, 3.8) is 0 Å². The maximum absolute atomic E-state index is 5.96. The fourth-order valence-electron chi connectivity index (χ4n) is 2.48. The van der Waals surface area contributed by atoms with Crippen LogP contribution in [0.15, 0.2) is 22.8 Å². The molecule has 1 N–H and O–H groups in total. The highest BCUT2D eigenvalue weighted by Crippen LogP contribution is 2.29. The second kappa shape index (κ2) is 5.02. The molecule has 1 saturated heterocycles. The second-order valence-electron chi connectivity index (χ2n) is 4.74. The minimum Gasteiger partial charge on any atom is -0.469 e. The fourth-order valence-corrected chi connectivity index (χ4v) is 2.48. The van der Waals surface area contributed by atoms with E-state index >= 15 is 0 Å². The Morgan fingerprint density at radius 3 is 2.94 bits per heavy atom. The van der Waals surface area contributed by atoms with Crippen molar-refractivity contribution in [2.75, 3.05) is 13.7 Å². The molecular weight excluding hydrogens is 202 g/mol. The number of nitrogens with one attached hydrogen (secondary N) is 1. The highest BCUT2D eigenvalue weighted by atomic mass is 16.5. The highest BCUT2D eigenvalue weighted by molar-refractivity contribution is 5.04. The van der Waals surface area contributed by atoms with Crippen LogP contribution in [0, 0.1) is 0 Å². The maximum Gasteiger partial charge on any atom is 0.105 e. The molecule has 0 bridgehead atoms. The molecule has 0 spiro atoms. The van der Waals surface area contributed by atoms with Gasteiger partial charge in [0.15, 0.2) is 0 Å². The first kappa shape index (κ1) is 11.7. The van der Waals surface area contributed by atoms with E-state index in [1.165, 1.54) is 12.8 Å². The maximum atomic E-state index is 5.96. The van der Waals surface area contributed by atoms with E-state index in [1.807, 2.05) is 19.2 Å². The largest absolute Gasteiger partial charge is 0.469 e. The third kappa shape index (κ3) is 2.47. The lowest BCUT2D eigenvalue weighted by Gasteiger charge is -2.40. The third-order valence-electron chi connectivity index (χ3n) is 3.57. The molecule has 0 aliphatic carbocycles. The van der Waals surface area contributed by atoms with Gasteiger partial charge in [-0.15, -0.1) is 0 Å². The first-order chi connectivity index (χ1) is 7.74. The van der Waals surface area contributed by atoms with Crippen molar-refractivity contribution in [2.24, 2.45) is 0 Å². The van der Waals surface area contributed by atoms with Gasteiger partial charge in [-0.25, -0.2) is 0 Å². The summed E-state index contributed by atoms with van der Waals surface area (Å²) in [5.74, 6) is 1.02. The molecule has 1 aromatic heterocycles. The number of ether oxygens (including phenoxy) is 1. The number of likely N-dealkylation sites (N-methyl/N-ethyl adjacent to an activating group) is 1. The molecule has 3 nitrogen and oxygen atoms in total. The SMILES string of the molecule is CNC(Cc1ccco1)C1(C)CCCCO1. The molecule has 1 fully saturated rings. The lowest BCUT2D eigenvalue weighted by Crippen LogP contribution is -2.52. The smallest absolute Gasteiger partial charge is 0.105 e. The van der Waals surface area contributed by atoms with Crippen LogP contribution in [0.2, 0.25) is 0 Å². The molecule has 2 unspecified atom stereocenters. The zero-order chi connectivity index (χ0) is 11.4. The van der Waals surface area contributed by atoms with E-state index in [1.54, 1.807) is 6.26 Å². The van der Waals surface area contributed by atoms with Crippen LogP contribution in [-0.2, 0) is 11.2 Å². The molecule has 0 saturated carbocycles. The van der Waals surface area contributed by atoms with Crippen molar-refractivity contribution >= 4 is 0 Å². The van der Waals surface area contributed by atoms with Gasteiger partial charge in [-0.05, 0) is 45.4 Å². The summed E-state index contributed by atoms with van der Waals surface area (Å²) in [4.78, 5) is 0. The first-order valence-electron chi connectivity index (χ1n) is 6.08. The van der Waals surface area contributed by atoms with Gasteiger partial charge in [-0.3, -0.25) is 0 Å². The van der Waals surface area contributed by atoms with Crippen molar-refractivity contribution in [3.8, 4) is 0 Å². The Balaban J connectivity index is 2.03.